The van der Waals surface area contributed by atoms with Gasteiger partial charge >= 0.3 is 11.9 Å². The molecule has 0 saturated heterocycles. The van der Waals surface area contributed by atoms with E-state index in [0.717, 1.165) is 23.6 Å². The van der Waals surface area contributed by atoms with Crippen molar-refractivity contribution in [3.63, 3.8) is 0 Å². The topological polar surface area (TPSA) is 74.6 Å². The quantitative estimate of drug-likeness (QED) is 0.709. The second kappa shape index (κ2) is 6.31. The van der Waals surface area contributed by atoms with Gasteiger partial charge in [0.1, 0.15) is 0 Å². The molecule has 1 saturated carbocycles. The van der Waals surface area contributed by atoms with Gasteiger partial charge in [0.15, 0.2) is 0 Å². The van der Waals surface area contributed by atoms with Gasteiger partial charge in [-0.15, -0.1) is 0 Å². The molecule has 4 nitrogen and oxygen atoms in total. The number of hydrogen-bond acceptors (Lipinski definition) is 2. The molecule has 0 bridgehead atoms. The van der Waals surface area contributed by atoms with Crippen LogP contribution in [-0.4, -0.2) is 22.2 Å². The summed E-state index contributed by atoms with van der Waals surface area (Å²) in [7, 11) is 0. The Kier molecular flexibility index (Phi) is 4.23. The van der Waals surface area contributed by atoms with Crippen molar-refractivity contribution >= 4 is 28.3 Å². The summed E-state index contributed by atoms with van der Waals surface area (Å²) in [6.07, 6.45) is 4.04. The highest BCUT2D eigenvalue weighted by Gasteiger charge is 2.48. The number of hydrogen-bond donors (Lipinski definition) is 2. The lowest BCUT2D eigenvalue weighted by atomic mass is 9.58. The lowest BCUT2D eigenvalue weighted by Crippen LogP contribution is -2.40. The van der Waals surface area contributed by atoms with E-state index >= 15 is 0 Å². The summed E-state index contributed by atoms with van der Waals surface area (Å²) in [6.45, 7) is 7.55. The molecule has 0 atom stereocenters. The first-order valence-electron chi connectivity index (χ1n) is 10.0. The van der Waals surface area contributed by atoms with Crippen LogP contribution in [0, 0.1) is 10.8 Å². The van der Waals surface area contributed by atoms with Crippen molar-refractivity contribution in [1.29, 1.82) is 0 Å². The van der Waals surface area contributed by atoms with E-state index in [0.29, 0.717) is 17.1 Å². The molecule has 4 heteroatoms. The second-order valence-corrected chi connectivity index (χ2v) is 9.29. The van der Waals surface area contributed by atoms with Gasteiger partial charge in [0.25, 0.3) is 0 Å². The summed E-state index contributed by atoms with van der Waals surface area (Å²) < 4.78 is 0. The van der Waals surface area contributed by atoms with Crippen LogP contribution in [0.3, 0.4) is 0 Å². The maximum absolute atomic E-state index is 12.5. The van der Waals surface area contributed by atoms with Gasteiger partial charge in [-0.05, 0) is 46.1 Å². The number of allylic oxidation sites excluding steroid dienone is 1. The van der Waals surface area contributed by atoms with E-state index in [-0.39, 0.29) is 11.1 Å². The molecule has 0 spiro atoms. The highest BCUT2D eigenvalue weighted by atomic mass is 16.4. The molecule has 0 radical (unpaired) electrons. The lowest BCUT2D eigenvalue weighted by Gasteiger charge is -2.44. The SMILES string of the molecule is CC1(C)C=C(C(=O)O)C(c2ccc(C3CC3)c3ccccc23)=C(C(=O)O)C1(C)C. The van der Waals surface area contributed by atoms with Crippen molar-refractivity contribution in [2.75, 3.05) is 0 Å². The van der Waals surface area contributed by atoms with Crippen LogP contribution in [0.5, 0.6) is 0 Å². The van der Waals surface area contributed by atoms with Gasteiger partial charge in [0.05, 0.1) is 11.1 Å². The number of benzene rings is 2. The average Bonchev–Trinajstić information content (AvgIpc) is 3.47. The molecule has 0 amide bonds. The fourth-order valence-electron chi connectivity index (χ4n) is 4.50. The molecule has 0 unspecified atom stereocenters. The van der Waals surface area contributed by atoms with E-state index in [1.54, 1.807) is 6.08 Å². The fraction of sp³-hybridized carbons (Fsp3) is 0.360. The van der Waals surface area contributed by atoms with Crippen LogP contribution >= 0.6 is 0 Å². The van der Waals surface area contributed by atoms with E-state index in [1.807, 2.05) is 58.0 Å². The molecule has 2 N–H and O–H groups in total. The van der Waals surface area contributed by atoms with Gasteiger partial charge < -0.3 is 10.2 Å². The Morgan fingerprint density at radius 1 is 0.897 bits per heavy atom. The van der Waals surface area contributed by atoms with Crippen LogP contribution in [0.4, 0.5) is 0 Å². The zero-order valence-electron chi connectivity index (χ0n) is 17.2. The van der Waals surface area contributed by atoms with E-state index in [2.05, 4.69) is 6.07 Å². The van der Waals surface area contributed by atoms with Crippen LogP contribution in [0.2, 0.25) is 0 Å². The lowest BCUT2D eigenvalue weighted by molar-refractivity contribution is -0.134. The van der Waals surface area contributed by atoms with E-state index in [4.69, 9.17) is 0 Å². The standard InChI is InChI=1S/C25H26O4/c1-24(2)13-19(22(26)27)20(21(23(28)29)25(24,3)4)18-12-11-15(14-9-10-14)16-7-5-6-8-17(16)18/h5-8,11-14H,9-10H2,1-4H3,(H,26,27)(H,28,29). The number of carboxylic acids is 2. The van der Waals surface area contributed by atoms with Crippen LogP contribution in [0.15, 0.2) is 53.6 Å². The summed E-state index contributed by atoms with van der Waals surface area (Å²) in [5.41, 5.74) is 1.12. The maximum Gasteiger partial charge on any atom is 0.336 e. The Labute approximate surface area is 170 Å². The molecule has 0 heterocycles. The number of aliphatic carboxylic acids is 2. The van der Waals surface area contributed by atoms with E-state index < -0.39 is 22.8 Å². The predicted octanol–water partition coefficient (Wildman–Crippen LogP) is 5.63. The first-order chi connectivity index (χ1) is 13.6. The monoisotopic (exact) mass is 390 g/mol. The zero-order chi connectivity index (χ0) is 21.1. The fourth-order valence-corrected chi connectivity index (χ4v) is 4.50. The molecule has 2 aromatic carbocycles. The maximum atomic E-state index is 12.5. The summed E-state index contributed by atoms with van der Waals surface area (Å²) >= 11 is 0. The predicted molar refractivity (Wildman–Crippen MR) is 114 cm³/mol. The molecule has 29 heavy (non-hydrogen) atoms. The Hall–Kier alpha value is -2.88. The third-order valence-corrected chi connectivity index (χ3v) is 6.95. The normalized spacial score (nSPS) is 20.5. The summed E-state index contributed by atoms with van der Waals surface area (Å²) in [6, 6.07) is 11.9. The second-order valence-electron chi connectivity index (χ2n) is 9.29. The molecule has 150 valence electrons. The summed E-state index contributed by atoms with van der Waals surface area (Å²) in [4.78, 5) is 24.7. The van der Waals surface area contributed by atoms with Crippen LogP contribution in [-0.2, 0) is 9.59 Å². The Balaban J connectivity index is 2.11. The van der Waals surface area contributed by atoms with Crippen molar-refractivity contribution in [1.82, 2.24) is 0 Å². The van der Waals surface area contributed by atoms with E-state index in [9.17, 15) is 19.8 Å². The van der Waals surface area contributed by atoms with Crippen LogP contribution < -0.4 is 0 Å². The molecule has 2 aliphatic rings. The first-order valence-corrected chi connectivity index (χ1v) is 10.0. The zero-order valence-corrected chi connectivity index (χ0v) is 17.2. The number of fused-ring (bicyclic) bond motifs is 1. The number of carbonyl (C=O) groups is 2. The van der Waals surface area contributed by atoms with Crippen molar-refractivity contribution in [3.8, 4) is 0 Å². The number of carboxylic acid groups (broad SMARTS) is 2. The minimum absolute atomic E-state index is 0.0658. The third kappa shape index (κ3) is 2.89. The Morgan fingerprint density at radius 2 is 1.52 bits per heavy atom. The smallest absolute Gasteiger partial charge is 0.336 e. The molecule has 4 rings (SSSR count). The molecule has 2 aromatic rings. The summed E-state index contributed by atoms with van der Waals surface area (Å²) in [5.74, 6) is -1.63. The van der Waals surface area contributed by atoms with Crippen molar-refractivity contribution in [3.05, 3.63) is 64.7 Å². The van der Waals surface area contributed by atoms with Gasteiger partial charge in [0, 0.05) is 11.0 Å². The van der Waals surface area contributed by atoms with Gasteiger partial charge in [-0.1, -0.05) is 70.2 Å². The first kappa shape index (κ1) is 19.4. The average molecular weight is 390 g/mol. The molecule has 2 aliphatic carbocycles. The minimum Gasteiger partial charge on any atom is -0.478 e. The highest BCUT2D eigenvalue weighted by Crippen LogP contribution is 2.54. The van der Waals surface area contributed by atoms with Crippen molar-refractivity contribution < 1.29 is 19.8 Å². The van der Waals surface area contributed by atoms with Gasteiger partial charge in [-0.25, -0.2) is 9.59 Å². The molecule has 1 fully saturated rings. The highest BCUT2D eigenvalue weighted by molar-refractivity contribution is 6.16. The van der Waals surface area contributed by atoms with Crippen molar-refractivity contribution in [2.45, 2.75) is 46.5 Å². The van der Waals surface area contributed by atoms with E-state index in [1.165, 1.54) is 5.56 Å². The summed E-state index contributed by atoms with van der Waals surface area (Å²) in [5, 5.41) is 22.2. The number of rotatable bonds is 4. The largest absolute Gasteiger partial charge is 0.478 e. The molecular weight excluding hydrogens is 364 g/mol. The van der Waals surface area contributed by atoms with Crippen LogP contribution in [0.1, 0.15) is 57.6 Å². The third-order valence-electron chi connectivity index (χ3n) is 6.95. The van der Waals surface area contributed by atoms with Gasteiger partial charge in [-0.3, -0.25) is 0 Å². The molecule has 0 aliphatic heterocycles. The molecule has 0 aromatic heterocycles. The van der Waals surface area contributed by atoms with Crippen LogP contribution in [0.25, 0.3) is 16.3 Å². The minimum atomic E-state index is -1.10. The Morgan fingerprint density at radius 3 is 2.07 bits per heavy atom. The Bertz CT molecular complexity index is 1110. The van der Waals surface area contributed by atoms with Gasteiger partial charge in [0.2, 0.25) is 0 Å². The molecular formula is C25H26O4. The van der Waals surface area contributed by atoms with Gasteiger partial charge in [-0.2, -0.15) is 0 Å². The van der Waals surface area contributed by atoms with Crippen molar-refractivity contribution in [2.24, 2.45) is 10.8 Å².